The first-order valence-corrected chi connectivity index (χ1v) is 10.8. The normalized spacial score (nSPS) is 11.0. The molecule has 0 radical (unpaired) electrons. The first-order valence-electron chi connectivity index (χ1n) is 9.35. The van der Waals surface area contributed by atoms with Crippen molar-refractivity contribution in [1.82, 2.24) is 4.90 Å². The molecule has 3 aromatic rings. The zero-order valence-electron chi connectivity index (χ0n) is 17.1. The van der Waals surface area contributed by atoms with Crippen LogP contribution in [0.4, 0.5) is 5.69 Å². The lowest BCUT2D eigenvalue weighted by Crippen LogP contribution is -2.28. The highest BCUT2D eigenvalue weighted by Crippen LogP contribution is 2.23. The first kappa shape index (κ1) is 21.4. The Morgan fingerprint density at radius 2 is 1.60 bits per heavy atom. The molecule has 0 heterocycles. The average Bonchev–Trinajstić information content (AvgIpc) is 2.78. The van der Waals surface area contributed by atoms with Gasteiger partial charge >= 0.3 is 0 Å². The number of anilines is 1. The van der Waals surface area contributed by atoms with Crippen LogP contribution < -0.4 is 9.04 Å². The zero-order valence-corrected chi connectivity index (χ0v) is 18.0. The molecular weight excluding hydrogens is 400 g/mol. The summed E-state index contributed by atoms with van der Waals surface area (Å²) >= 11 is 0. The highest BCUT2D eigenvalue weighted by molar-refractivity contribution is 7.92. The lowest BCUT2D eigenvalue weighted by Gasteiger charge is -2.21. The summed E-state index contributed by atoms with van der Waals surface area (Å²) in [5.74, 6) is 0.522. The molecule has 0 atom stereocenters. The molecule has 0 aliphatic heterocycles. The highest BCUT2D eigenvalue weighted by Gasteiger charge is 2.22. The fraction of sp³-hybridized carbons (Fsp3) is 0.174. The Morgan fingerprint density at radius 1 is 0.900 bits per heavy atom. The Morgan fingerprint density at radius 3 is 2.30 bits per heavy atom. The van der Waals surface area contributed by atoms with Gasteiger partial charge in [-0.2, -0.15) is 0 Å². The zero-order chi connectivity index (χ0) is 21.7. The molecule has 0 N–H and O–H groups in total. The van der Waals surface area contributed by atoms with Gasteiger partial charge in [0.05, 0.1) is 17.7 Å². The van der Waals surface area contributed by atoms with Crippen molar-refractivity contribution in [2.24, 2.45) is 0 Å². The van der Waals surface area contributed by atoms with Gasteiger partial charge in [0.15, 0.2) is 0 Å². The second-order valence-corrected chi connectivity index (χ2v) is 8.82. The minimum atomic E-state index is -3.72. The molecule has 0 spiro atoms. The van der Waals surface area contributed by atoms with Crippen molar-refractivity contribution in [2.45, 2.75) is 11.4 Å². The molecular formula is C23H24N2O4S. The largest absolute Gasteiger partial charge is 0.497 e. The van der Waals surface area contributed by atoms with E-state index in [0.717, 1.165) is 11.3 Å². The van der Waals surface area contributed by atoms with Crippen molar-refractivity contribution in [3.8, 4) is 5.75 Å². The predicted octanol–water partition coefficient (Wildman–Crippen LogP) is 3.79. The Labute approximate surface area is 177 Å². The SMILES string of the molecule is COc1cccc(CN(C)C(=O)c2cccc(N(C)S(=O)(=O)c3ccccc3)c2)c1. The molecule has 156 valence electrons. The van der Waals surface area contributed by atoms with Gasteiger partial charge in [-0.25, -0.2) is 8.42 Å². The number of benzene rings is 3. The van der Waals surface area contributed by atoms with Crippen LogP contribution in [0.5, 0.6) is 5.75 Å². The summed E-state index contributed by atoms with van der Waals surface area (Å²) < 4.78 is 32.1. The van der Waals surface area contributed by atoms with Gasteiger partial charge in [-0.15, -0.1) is 0 Å². The lowest BCUT2D eigenvalue weighted by atomic mass is 10.1. The Kier molecular flexibility index (Phi) is 6.42. The van der Waals surface area contributed by atoms with Gasteiger partial charge in [0.1, 0.15) is 5.75 Å². The van der Waals surface area contributed by atoms with E-state index in [1.807, 2.05) is 24.3 Å². The van der Waals surface area contributed by atoms with E-state index in [0.29, 0.717) is 17.8 Å². The molecule has 0 saturated carbocycles. The van der Waals surface area contributed by atoms with Crippen LogP contribution in [0.1, 0.15) is 15.9 Å². The van der Waals surface area contributed by atoms with Gasteiger partial charge in [0.25, 0.3) is 15.9 Å². The molecule has 1 amide bonds. The number of amides is 1. The van der Waals surface area contributed by atoms with Gasteiger partial charge in [-0.1, -0.05) is 36.4 Å². The molecule has 3 rings (SSSR count). The predicted molar refractivity (Wildman–Crippen MR) is 117 cm³/mol. The van der Waals surface area contributed by atoms with Gasteiger partial charge in [0, 0.05) is 26.2 Å². The minimum Gasteiger partial charge on any atom is -0.497 e. The summed E-state index contributed by atoms with van der Waals surface area (Å²) in [6.45, 7) is 0.401. The first-order chi connectivity index (χ1) is 14.3. The van der Waals surface area contributed by atoms with E-state index >= 15 is 0 Å². The molecule has 30 heavy (non-hydrogen) atoms. The van der Waals surface area contributed by atoms with Crippen LogP contribution in [0.2, 0.25) is 0 Å². The maximum Gasteiger partial charge on any atom is 0.264 e. The summed E-state index contributed by atoms with van der Waals surface area (Å²) in [4.78, 5) is 14.7. The molecule has 0 aliphatic carbocycles. The van der Waals surface area contributed by atoms with E-state index < -0.39 is 10.0 Å². The number of nitrogens with zero attached hydrogens (tertiary/aromatic N) is 2. The van der Waals surface area contributed by atoms with E-state index in [-0.39, 0.29) is 10.8 Å². The molecule has 0 saturated heterocycles. The van der Waals surface area contributed by atoms with Crippen molar-refractivity contribution in [3.05, 3.63) is 90.0 Å². The van der Waals surface area contributed by atoms with Crippen LogP contribution in [0, 0.1) is 0 Å². The molecule has 0 aliphatic rings. The minimum absolute atomic E-state index is 0.194. The summed E-state index contributed by atoms with van der Waals surface area (Å²) in [7, 11) is 1.07. The molecule has 6 nitrogen and oxygen atoms in total. The number of sulfonamides is 1. The summed E-state index contributed by atoms with van der Waals surface area (Å²) in [5, 5.41) is 0. The van der Waals surface area contributed by atoms with E-state index in [1.165, 1.54) is 11.4 Å². The number of hydrogen-bond donors (Lipinski definition) is 0. The van der Waals surface area contributed by atoms with Crippen molar-refractivity contribution in [3.63, 3.8) is 0 Å². The van der Waals surface area contributed by atoms with Gasteiger partial charge in [-0.05, 0) is 48.0 Å². The molecule has 3 aromatic carbocycles. The number of hydrogen-bond acceptors (Lipinski definition) is 4. The molecule has 0 aromatic heterocycles. The smallest absolute Gasteiger partial charge is 0.264 e. The van der Waals surface area contributed by atoms with Crippen molar-refractivity contribution < 1.29 is 17.9 Å². The van der Waals surface area contributed by atoms with Gasteiger partial charge in [-0.3, -0.25) is 9.10 Å². The van der Waals surface area contributed by atoms with Crippen LogP contribution >= 0.6 is 0 Å². The maximum atomic E-state index is 12.9. The number of carbonyl (C=O) groups is 1. The van der Waals surface area contributed by atoms with Crippen molar-refractivity contribution >= 4 is 21.6 Å². The lowest BCUT2D eigenvalue weighted by molar-refractivity contribution is 0.0785. The second kappa shape index (κ2) is 9.00. The number of carbonyl (C=O) groups excluding carboxylic acids is 1. The van der Waals surface area contributed by atoms with E-state index in [2.05, 4.69) is 0 Å². The molecule has 7 heteroatoms. The number of rotatable bonds is 7. The monoisotopic (exact) mass is 424 g/mol. The van der Waals surface area contributed by atoms with Crippen molar-refractivity contribution in [2.75, 3.05) is 25.5 Å². The van der Waals surface area contributed by atoms with E-state index in [1.54, 1.807) is 73.7 Å². The van der Waals surface area contributed by atoms with Crippen LogP contribution in [-0.2, 0) is 16.6 Å². The Balaban J connectivity index is 1.81. The standard InChI is InChI=1S/C23H24N2O4S/c1-24(17-18-9-7-12-21(15-18)29-3)23(26)19-10-8-11-20(16-19)25(2)30(27,28)22-13-5-4-6-14-22/h4-16H,17H2,1-3H3. The molecule has 0 bridgehead atoms. The topological polar surface area (TPSA) is 66.9 Å². The maximum absolute atomic E-state index is 12.9. The van der Waals surface area contributed by atoms with Crippen LogP contribution in [0.25, 0.3) is 0 Å². The van der Waals surface area contributed by atoms with Crippen molar-refractivity contribution in [1.29, 1.82) is 0 Å². The summed E-state index contributed by atoms with van der Waals surface area (Å²) in [6, 6.07) is 22.3. The fourth-order valence-electron chi connectivity index (χ4n) is 3.06. The van der Waals surface area contributed by atoms with Crippen LogP contribution in [0.3, 0.4) is 0 Å². The van der Waals surface area contributed by atoms with Gasteiger partial charge < -0.3 is 9.64 Å². The van der Waals surface area contributed by atoms with Gasteiger partial charge in [0.2, 0.25) is 0 Å². The second-order valence-electron chi connectivity index (χ2n) is 6.85. The average molecular weight is 425 g/mol. The third kappa shape index (κ3) is 4.63. The summed E-state index contributed by atoms with van der Waals surface area (Å²) in [5.41, 5.74) is 1.76. The highest BCUT2D eigenvalue weighted by atomic mass is 32.2. The summed E-state index contributed by atoms with van der Waals surface area (Å²) in [6.07, 6.45) is 0. The number of ether oxygens (including phenoxy) is 1. The molecule has 0 fully saturated rings. The van der Waals surface area contributed by atoms with Crippen LogP contribution in [-0.4, -0.2) is 40.4 Å². The third-order valence-electron chi connectivity index (χ3n) is 4.76. The Bertz CT molecular complexity index is 1130. The van der Waals surface area contributed by atoms with Crippen LogP contribution in [0.15, 0.2) is 83.8 Å². The third-order valence-corrected chi connectivity index (χ3v) is 6.56. The van der Waals surface area contributed by atoms with E-state index in [9.17, 15) is 13.2 Å². The molecule has 0 unspecified atom stereocenters. The quantitative estimate of drug-likeness (QED) is 0.579. The number of methoxy groups -OCH3 is 1. The fourth-order valence-corrected chi connectivity index (χ4v) is 4.27. The Hall–Kier alpha value is -3.32. The van der Waals surface area contributed by atoms with E-state index in [4.69, 9.17) is 4.74 Å².